The van der Waals surface area contributed by atoms with Gasteiger partial charge in [-0.25, -0.2) is 14.4 Å². The lowest BCUT2D eigenvalue weighted by molar-refractivity contribution is 0.102. The summed E-state index contributed by atoms with van der Waals surface area (Å²) >= 11 is 0. The van der Waals surface area contributed by atoms with Crippen molar-refractivity contribution in [2.45, 2.75) is 44.6 Å². The van der Waals surface area contributed by atoms with Crippen molar-refractivity contribution in [2.75, 3.05) is 36.4 Å². The molecule has 2 aromatic heterocycles. The third-order valence-electron chi connectivity index (χ3n) is 6.94. The summed E-state index contributed by atoms with van der Waals surface area (Å²) in [6.45, 7) is 5.93. The molecule has 2 saturated heterocycles. The second-order valence-corrected chi connectivity index (χ2v) is 9.30. The van der Waals surface area contributed by atoms with Crippen molar-refractivity contribution in [1.82, 2.24) is 19.3 Å². The first-order chi connectivity index (χ1) is 15.5. The Morgan fingerprint density at radius 2 is 2.00 bits per heavy atom. The molecule has 3 aliphatic rings. The minimum absolute atomic E-state index is 0.0323. The second kappa shape index (κ2) is 7.55. The van der Waals surface area contributed by atoms with Gasteiger partial charge >= 0.3 is 0 Å². The maximum atomic E-state index is 15.0. The van der Waals surface area contributed by atoms with Gasteiger partial charge in [-0.05, 0) is 57.4 Å². The smallest absolute Gasteiger partial charge is 0.259 e. The largest absolute Gasteiger partial charge is 0.369 e. The van der Waals surface area contributed by atoms with Gasteiger partial charge in [0.1, 0.15) is 11.6 Å². The Labute approximate surface area is 186 Å². The SMILES string of the molecule is Cc1cn2cc(NC(=O)c3ccc(N4CCN5CCCC5C4)cc3F)nc(C3CC3)c2n1. The number of nitrogens with one attached hydrogen (secondary N) is 1. The van der Waals surface area contributed by atoms with Crippen LogP contribution in [0.4, 0.5) is 15.9 Å². The summed E-state index contributed by atoms with van der Waals surface area (Å²) in [5, 5.41) is 2.79. The van der Waals surface area contributed by atoms with Crippen LogP contribution in [0, 0.1) is 12.7 Å². The van der Waals surface area contributed by atoms with Crippen molar-refractivity contribution in [3.63, 3.8) is 0 Å². The number of aryl methyl sites for hydroxylation is 1. The van der Waals surface area contributed by atoms with Crippen molar-refractivity contribution in [3.05, 3.63) is 53.4 Å². The summed E-state index contributed by atoms with van der Waals surface area (Å²) in [5.74, 6) is -0.189. The van der Waals surface area contributed by atoms with Gasteiger partial charge in [-0.2, -0.15) is 0 Å². The molecule has 1 atom stereocenters. The Bertz CT molecular complexity index is 1200. The van der Waals surface area contributed by atoms with Gasteiger partial charge in [-0.3, -0.25) is 9.69 Å². The number of piperazine rings is 1. The van der Waals surface area contributed by atoms with Gasteiger partial charge in [-0.15, -0.1) is 0 Å². The van der Waals surface area contributed by atoms with Gasteiger partial charge in [0.15, 0.2) is 5.65 Å². The molecule has 0 radical (unpaired) electrons. The minimum Gasteiger partial charge on any atom is -0.369 e. The summed E-state index contributed by atoms with van der Waals surface area (Å²) < 4.78 is 16.9. The van der Waals surface area contributed by atoms with Crippen molar-refractivity contribution >= 4 is 23.1 Å². The number of halogens is 1. The molecule has 7 nitrogen and oxygen atoms in total. The predicted molar refractivity (Wildman–Crippen MR) is 121 cm³/mol. The highest BCUT2D eigenvalue weighted by Gasteiger charge is 2.31. The number of amides is 1. The van der Waals surface area contributed by atoms with Gasteiger partial charge in [0.25, 0.3) is 5.91 Å². The highest BCUT2D eigenvalue weighted by Crippen LogP contribution is 2.41. The van der Waals surface area contributed by atoms with Gasteiger partial charge < -0.3 is 14.6 Å². The number of anilines is 2. The van der Waals surface area contributed by atoms with Crippen LogP contribution in [-0.2, 0) is 0 Å². The highest BCUT2D eigenvalue weighted by atomic mass is 19.1. The van der Waals surface area contributed by atoms with Gasteiger partial charge in [0, 0.05) is 43.5 Å². The Hall–Kier alpha value is -3.00. The number of nitrogens with zero attached hydrogens (tertiary/aromatic N) is 5. The average Bonchev–Trinajstić information content (AvgIpc) is 3.39. The molecule has 4 heterocycles. The Morgan fingerprint density at radius 3 is 2.81 bits per heavy atom. The Balaban J connectivity index is 1.22. The highest BCUT2D eigenvalue weighted by molar-refractivity contribution is 6.04. The van der Waals surface area contributed by atoms with Gasteiger partial charge in [-0.1, -0.05) is 0 Å². The van der Waals surface area contributed by atoms with Crippen molar-refractivity contribution in [1.29, 1.82) is 0 Å². The van der Waals surface area contributed by atoms with Crippen LogP contribution < -0.4 is 10.2 Å². The summed E-state index contributed by atoms with van der Waals surface area (Å²) in [4.78, 5) is 26.8. The van der Waals surface area contributed by atoms with E-state index in [9.17, 15) is 9.18 Å². The summed E-state index contributed by atoms with van der Waals surface area (Å²) in [7, 11) is 0. The van der Waals surface area contributed by atoms with E-state index in [1.54, 1.807) is 12.3 Å². The van der Waals surface area contributed by atoms with Crippen LogP contribution in [0.5, 0.6) is 0 Å². The fourth-order valence-corrected chi connectivity index (χ4v) is 5.13. The van der Waals surface area contributed by atoms with E-state index in [-0.39, 0.29) is 5.56 Å². The van der Waals surface area contributed by atoms with E-state index < -0.39 is 11.7 Å². The normalized spacial score (nSPS) is 21.2. The van der Waals surface area contributed by atoms with E-state index in [0.29, 0.717) is 17.8 Å². The quantitative estimate of drug-likeness (QED) is 0.680. The third kappa shape index (κ3) is 3.52. The van der Waals surface area contributed by atoms with Crippen molar-refractivity contribution in [2.24, 2.45) is 0 Å². The first-order valence-electron chi connectivity index (χ1n) is 11.5. The van der Waals surface area contributed by atoms with Crippen LogP contribution >= 0.6 is 0 Å². The van der Waals surface area contributed by atoms with E-state index in [2.05, 4.69) is 25.1 Å². The molecule has 32 heavy (non-hydrogen) atoms. The van der Waals surface area contributed by atoms with E-state index in [0.717, 1.165) is 55.2 Å². The number of carbonyl (C=O) groups is 1. The molecular formula is C24H27FN6O. The molecular weight excluding hydrogens is 407 g/mol. The van der Waals surface area contributed by atoms with E-state index >= 15 is 0 Å². The molecule has 1 saturated carbocycles. The maximum Gasteiger partial charge on any atom is 0.259 e. The number of imidazole rings is 1. The van der Waals surface area contributed by atoms with E-state index in [4.69, 9.17) is 0 Å². The molecule has 0 spiro atoms. The zero-order valence-corrected chi connectivity index (χ0v) is 18.2. The maximum absolute atomic E-state index is 15.0. The van der Waals surface area contributed by atoms with E-state index in [1.807, 2.05) is 23.6 Å². The summed E-state index contributed by atoms with van der Waals surface area (Å²) in [6.07, 6.45) is 8.27. The van der Waals surface area contributed by atoms with Gasteiger partial charge in [0.2, 0.25) is 0 Å². The molecule has 166 valence electrons. The molecule has 1 aromatic carbocycles. The van der Waals surface area contributed by atoms with Crippen molar-refractivity contribution < 1.29 is 9.18 Å². The summed E-state index contributed by atoms with van der Waals surface area (Å²) in [6, 6.07) is 5.49. The van der Waals surface area contributed by atoms with Crippen LogP contribution in [0.15, 0.2) is 30.6 Å². The monoisotopic (exact) mass is 434 g/mol. The van der Waals surface area contributed by atoms with Gasteiger partial charge in [0.05, 0.1) is 23.1 Å². The number of aromatic nitrogens is 3. The van der Waals surface area contributed by atoms with Crippen LogP contribution in [0.25, 0.3) is 5.65 Å². The molecule has 6 rings (SSSR count). The number of carbonyl (C=O) groups excluding carboxylic acids is 1. The minimum atomic E-state index is -0.504. The standard InChI is InChI=1S/C24H27FN6O/c1-15-12-31-14-21(27-22(16-4-5-16)23(31)26-15)28-24(32)19-7-6-17(11-20(19)25)30-10-9-29-8-2-3-18(29)13-30/h6-7,11-12,14,16,18H,2-5,8-10,13H2,1H3,(H,28,32). The molecule has 0 bridgehead atoms. The van der Waals surface area contributed by atoms with Crippen molar-refractivity contribution in [3.8, 4) is 0 Å². The molecule has 1 unspecified atom stereocenters. The lowest BCUT2D eigenvalue weighted by atomic mass is 10.1. The molecule has 1 amide bonds. The third-order valence-corrected chi connectivity index (χ3v) is 6.94. The number of benzene rings is 1. The topological polar surface area (TPSA) is 65.8 Å². The molecule has 8 heteroatoms. The number of fused-ring (bicyclic) bond motifs is 2. The molecule has 3 fully saturated rings. The first-order valence-corrected chi connectivity index (χ1v) is 11.5. The molecule has 1 N–H and O–H groups in total. The zero-order valence-electron chi connectivity index (χ0n) is 18.2. The number of hydrogen-bond acceptors (Lipinski definition) is 5. The summed E-state index contributed by atoms with van der Waals surface area (Å²) in [5.41, 5.74) is 3.51. The molecule has 3 aromatic rings. The van der Waals surface area contributed by atoms with Crippen LogP contribution in [-0.4, -0.2) is 57.4 Å². The van der Waals surface area contributed by atoms with Crippen LogP contribution in [0.1, 0.15) is 53.3 Å². The van der Waals surface area contributed by atoms with Crippen LogP contribution in [0.3, 0.4) is 0 Å². The lowest BCUT2D eigenvalue weighted by Crippen LogP contribution is -2.50. The number of hydrogen-bond donors (Lipinski definition) is 1. The average molecular weight is 435 g/mol. The predicted octanol–water partition coefficient (Wildman–Crippen LogP) is 3.59. The fourth-order valence-electron chi connectivity index (χ4n) is 5.13. The first kappa shape index (κ1) is 19.7. The Morgan fingerprint density at radius 1 is 1.12 bits per heavy atom. The second-order valence-electron chi connectivity index (χ2n) is 9.30. The molecule has 2 aliphatic heterocycles. The molecule has 1 aliphatic carbocycles. The Kier molecular flexibility index (Phi) is 4.64. The lowest BCUT2D eigenvalue weighted by Gasteiger charge is -2.38. The van der Waals surface area contributed by atoms with E-state index in [1.165, 1.54) is 25.5 Å². The van der Waals surface area contributed by atoms with Crippen LogP contribution in [0.2, 0.25) is 0 Å². The fraction of sp³-hybridized carbons (Fsp3) is 0.458. The zero-order chi connectivity index (χ0) is 21.8. The number of rotatable bonds is 4.